The van der Waals surface area contributed by atoms with Gasteiger partial charge in [-0.15, -0.1) is 12.4 Å². The van der Waals surface area contributed by atoms with Crippen molar-refractivity contribution in [3.8, 4) is 0 Å². The van der Waals surface area contributed by atoms with E-state index in [-0.39, 0.29) is 24.4 Å². The zero-order valence-electron chi connectivity index (χ0n) is 11.2. The summed E-state index contributed by atoms with van der Waals surface area (Å²) in [5, 5.41) is 3.23. The normalized spacial score (nSPS) is 28.6. The lowest BCUT2D eigenvalue weighted by Gasteiger charge is -2.38. The maximum Gasteiger partial charge on any atom is 0.253 e. The number of carbonyl (C=O) groups excluding carboxylic acids is 1. The first-order valence-corrected chi connectivity index (χ1v) is 6.95. The van der Waals surface area contributed by atoms with Crippen molar-refractivity contribution in [2.24, 2.45) is 0 Å². The van der Waals surface area contributed by atoms with E-state index in [2.05, 4.69) is 17.1 Å². The standard InChI is InChI=1S/C13H24N2O2.ClH/c1-2-5-11-6-3-4-8-15(11)13(16)12-10-14-7-9-17-12;/h11-12,14H,2-10H2,1H3;1H. The summed E-state index contributed by atoms with van der Waals surface area (Å²) in [6.07, 6.45) is 5.61. The maximum atomic E-state index is 12.4. The number of halogens is 1. The molecule has 0 aromatic rings. The highest BCUT2D eigenvalue weighted by Gasteiger charge is 2.32. The fourth-order valence-electron chi connectivity index (χ4n) is 2.83. The molecule has 4 nitrogen and oxygen atoms in total. The van der Waals surface area contributed by atoms with E-state index in [1.54, 1.807) is 0 Å². The molecule has 2 aliphatic rings. The number of nitrogens with one attached hydrogen (secondary N) is 1. The topological polar surface area (TPSA) is 41.6 Å². The zero-order valence-corrected chi connectivity index (χ0v) is 12.0. The molecule has 106 valence electrons. The van der Waals surface area contributed by atoms with Crippen molar-refractivity contribution in [1.29, 1.82) is 0 Å². The van der Waals surface area contributed by atoms with E-state index in [0.29, 0.717) is 19.2 Å². The Morgan fingerprint density at radius 3 is 2.94 bits per heavy atom. The molecule has 18 heavy (non-hydrogen) atoms. The van der Waals surface area contributed by atoms with Gasteiger partial charge in [-0.3, -0.25) is 4.79 Å². The quantitative estimate of drug-likeness (QED) is 0.851. The molecule has 2 fully saturated rings. The molecular formula is C13H25ClN2O2. The van der Waals surface area contributed by atoms with Crippen molar-refractivity contribution in [3.05, 3.63) is 0 Å². The highest BCUT2D eigenvalue weighted by Crippen LogP contribution is 2.22. The van der Waals surface area contributed by atoms with Gasteiger partial charge in [0.1, 0.15) is 6.10 Å². The fraction of sp³-hybridized carbons (Fsp3) is 0.923. The minimum Gasteiger partial charge on any atom is -0.366 e. The Kier molecular flexibility index (Phi) is 6.97. The number of ether oxygens (including phenoxy) is 1. The molecule has 2 unspecified atom stereocenters. The largest absolute Gasteiger partial charge is 0.366 e. The van der Waals surface area contributed by atoms with E-state index >= 15 is 0 Å². The van der Waals surface area contributed by atoms with Crippen molar-refractivity contribution in [1.82, 2.24) is 10.2 Å². The predicted molar refractivity (Wildman–Crippen MR) is 74.1 cm³/mol. The first-order valence-electron chi connectivity index (χ1n) is 6.95. The minimum absolute atomic E-state index is 0. The first kappa shape index (κ1) is 15.7. The Labute approximate surface area is 116 Å². The van der Waals surface area contributed by atoms with Crippen molar-refractivity contribution in [3.63, 3.8) is 0 Å². The summed E-state index contributed by atoms with van der Waals surface area (Å²) < 4.78 is 5.57. The number of morpholine rings is 1. The fourth-order valence-corrected chi connectivity index (χ4v) is 2.83. The summed E-state index contributed by atoms with van der Waals surface area (Å²) in [5.41, 5.74) is 0. The molecule has 1 amide bonds. The van der Waals surface area contributed by atoms with Crippen LogP contribution in [0, 0.1) is 0 Å². The highest BCUT2D eigenvalue weighted by atomic mass is 35.5. The Bertz CT molecular complexity index is 255. The van der Waals surface area contributed by atoms with Crippen LogP contribution in [0.25, 0.3) is 0 Å². The third-order valence-corrected chi connectivity index (χ3v) is 3.74. The summed E-state index contributed by atoms with van der Waals surface area (Å²) in [6, 6.07) is 0.451. The molecule has 1 N–H and O–H groups in total. The second-order valence-corrected chi connectivity index (χ2v) is 5.03. The summed E-state index contributed by atoms with van der Waals surface area (Å²) in [5.74, 6) is 0.204. The summed E-state index contributed by atoms with van der Waals surface area (Å²) in [6.45, 7) is 5.30. The van der Waals surface area contributed by atoms with E-state index in [0.717, 1.165) is 32.4 Å². The smallest absolute Gasteiger partial charge is 0.253 e. The Morgan fingerprint density at radius 2 is 2.28 bits per heavy atom. The molecule has 0 saturated carbocycles. The molecule has 2 aliphatic heterocycles. The van der Waals surface area contributed by atoms with Crippen LogP contribution in [-0.4, -0.2) is 49.2 Å². The van der Waals surface area contributed by atoms with Gasteiger partial charge in [0.2, 0.25) is 0 Å². The SMILES string of the molecule is CCCC1CCCCN1C(=O)C1CNCCO1.Cl. The molecule has 0 bridgehead atoms. The number of hydrogen-bond donors (Lipinski definition) is 1. The molecule has 0 aromatic heterocycles. The Morgan fingerprint density at radius 1 is 1.44 bits per heavy atom. The van der Waals surface area contributed by atoms with Gasteiger partial charge in [-0.1, -0.05) is 13.3 Å². The van der Waals surface area contributed by atoms with Crippen molar-refractivity contribution >= 4 is 18.3 Å². The monoisotopic (exact) mass is 276 g/mol. The van der Waals surface area contributed by atoms with Crippen LogP contribution in [0.5, 0.6) is 0 Å². The van der Waals surface area contributed by atoms with E-state index in [1.165, 1.54) is 12.8 Å². The van der Waals surface area contributed by atoms with Crippen LogP contribution in [0.4, 0.5) is 0 Å². The van der Waals surface area contributed by atoms with Gasteiger partial charge in [0.25, 0.3) is 5.91 Å². The Hall–Kier alpha value is -0.320. The molecule has 2 heterocycles. The number of carbonyl (C=O) groups is 1. The van der Waals surface area contributed by atoms with Gasteiger partial charge >= 0.3 is 0 Å². The molecular weight excluding hydrogens is 252 g/mol. The highest BCUT2D eigenvalue weighted by molar-refractivity contribution is 5.85. The van der Waals surface area contributed by atoms with Crippen LogP contribution in [0.2, 0.25) is 0 Å². The molecule has 0 radical (unpaired) electrons. The summed E-state index contributed by atoms with van der Waals surface area (Å²) in [4.78, 5) is 14.5. The van der Waals surface area contributed by atoms with E-state index in [1.807, 2.05) is 0 Å². The number of rotatable bonds is 3. The molecule has 0 aromatic carbocycles. The predicted octanol–water partition coefficient (Wildman–Crippen LogP) is 1.58. The molecule has 5 heteroatoms. The second-order valence-electron chi connectivity index (χ2n) is 5.03. The lowest BCUT2D eigenvalue weighted by molar-refractivity contribution is -0.149. The molecule has 2 atom stereocenters. The van der Waals surface area contributed by atoms with Gasteiger partial charge in [-0.05, 0) is 25.7 Å². The van der Waals surface area contributed by atoms with E-state index < -0.39 is 0 Å². The number of amides is 1. The van der Waals surface area contributed by atoms with Gasteiger partial charge in [0, 0.05) is 25.7 Å². The van der Waals surface area contributed by atoms with Gasteiger partial charge in [0.05, 0.1) is 6.61 Å². The third-order valence-electron chi connectivity index (χ3n) is 3.74. The zero-order chi connectivity index (χ0) is 12.1. The summed E-state index contributed by atoms with van der Waals surface area (Å²) in [7, 11) is 0. The second kappa shape index (κ2) is 7.97. The van der Waals surface area contributed by atoms with Gasteiger partial charge in [-0.2, -0.15) is 0 Å². The van der Waals surface area contributed by atoms with Crippen LogP contribution in [0.3, 0.4) is 0 Å². The molecule has 2 rings (SSSR count). The summed E-state index contributed by atoms with van der Waals surface area (Å²) >= 11 is 0. The lowest BCUT2D eigenvalue weighted by Crippen LogP contribution is -2.53. The van der Waals surface area contributed by atoms with Gasteiger partial charge < -0.3 is 15.0 Å². The Balaban J connectivity index is 0.00000162. The van der Waals surface area contributed by atoms with Crippen LogP contribution >= 0.6 is 12.4 Å². The molecule has 2 saturated heterocycles. The number of likely N-dealkylation sites (tertiary alicyclic amines) is 1. The van der Waals surface area contributed by atoms with E-state index in [4.69, 9.17) is 4.74 Å². The minimum atomic E-state index is -0.249. The maximum absolute atomic E-state index is 12.4. The van der Waals surface area contributed by atoms with Crippen LogP contribution in [0.15, 0.2) is 0 Å². The number of nitrogens with zero attached hydrogens (tertiary/aromatic N) is 1. The average molecular weight is 277 g/mol. The van der Waals surface area contributed by atoms with Crippen LogP contribution in [0.1, 0.15) is 39.0 Å². The van der Waals surface area contributed by atoms with E-state index in [9.17, 15) is 4.79 Å². The average Bonchev–Trinajstić information content (AvgIpc) is 2.40. The molecule has 0 aliphatic carbocycles. The van der Waals surface area contributed by atoms with Crippen molar-refractivity contribution in [2.75, 3.05) is 26.2 Å². The number of hydrogen-bond acceptors (Lipinski definition) is 3. The lowest BCUT2D eigenvalue weighted by atomic mass is 9.97. The third kappa shape index (κ3) is 3.84. The van der Waals surface area contributed by atoms with Crippen molar-refractivity contribution < 1.29 is 9.53 Å². The number of piperidine rings is 1. The van der Waals surface area contributed by atoms with Crippen LogP contribution in [-0.2, 0) is 9.53 Å². The first-order chi connectivity index (χ1) is 8.33. The van der Waals surface area contributed by atoms with Gasteiger partial charge in [-0.25, -0.2) is 0 Å². The van der Waals surface area contributed by atoms with Crippen molar-refractivity contribution in [2.45, 2.75) is 51.2 Å². The molecule has 0 spiro atoms. The van der Waals surface area contributed by atoms with Gasteiger partial charge in [0.15, 0.2) is 0 Å². The van der Waals surface area contributed by atoms with Crippen LogP contribution < -0.4 is 5.32 Å².